The van der Waals surface area contributed by atoms with Gasteiger partial charge in [0.25, 0.3) is 0 Å². The Kier molecular flexibility index (Phi) is 3.83. The lowest BCUT2D eigenvalue weighted by molar-refractivity contribution is 0.515. The average Bonchev–Trinajstić information content (AvgIpc) is 2.98. The van der Waals surface area contributed by atoms with Gasteiger partial charge in [0.15, 0.2) is 0 Å². The molecule has 3 rings (SSSR count). The molecule has 1 N–H and O–H groups in total. The topological polar surface area (TPSA) is 51.0 Å². The molecule has 6 heteroatoms. The Morgan fingerprint density at radius 2 is 1.90 bits per heavy atom. The first-order chi connectivity index (χ1) is 10.2. The molecule has 1 heterocycles. The van der Waals surface area contributed by atoms with Crippen molar-refractivity contribution in [1.29, 1.82) is 0 Å². The highest BCUT2D eigenvalue weighted by atomic mass is 35.5. The van der Waals surface area contributed by atoms with Crippen LogP contribution in [0.1, 0.15) is 5.89 Å². The van der Waals surface area contributed by atoms with Gasteiger partial charge in [-0.3, -0.25) is 0 Å². The maximum atomic E-state index is 13.1. The van der Waals surface area contributed by atoms with Crippen LogP contribution >= 0.6 is 11.6 Å². The van der Waals surface area contributed by atoms with E-state index in [1.165, 1.54) is 18.2 Å². The lowest BCUT2D eigenvalue weighted by Gasteiger charge is -2.05. The lowest BCUT2D eigenvalue weighted by Crippen LogP contribution is -2.00. The van der Waals surface area contributed by atoms with Crippen molar-refractivity contribution in [2.45, 2.75) is 6.54 Å². The van der Waals surface area contributed by atoms with Crippen LogP contribution in [0.25, 0.3) is 11.5 Å². The van der Waals surface area contributed by atoms with Crippen LogP contribution in [0.2, 0.25) is 5.02 Å². The Morgan fingerprint density at radius 3 is 2.71 bits per heavy atom. The molecule has 21 heavy (non-hydrogen) atoms. The van der Waals surface area contributed by atoms with Crippen molar-refractivity contribution >= 4 is 17.3 Å². The smallest absolute Gasteiger partial charge is 0.247 e. The van der Waals surface area contributed by atoms with Gasteiger partial charge in [0, 0.05) is 5.56 Å². The number of hydrogen-bond acceptors (Lipinski definition) is 4. The molecule has 0 radical (unpaired) electrons. The van der Waals surface area contributed by atoms with E-state index in [2.05, 4.69) is 15.5 Å². The summed E-state index contributed by atoms with van der Waals surface area (Å²) in [7, 11) is 0. The number of benzene rings is 2. The number of nitrogens with one attached hydrogen (secondary N) is 1. The van der Waals surface area contributed by atoms with Crippen molar-refractivity contribution in [1.82, 2.24) is 10.2 Å². The van der Waals surface area contributed by atoms with Gasteiger partial charge in [-0.25, -0.2) is 4.39 Å². The Morgan fingerprint density at radius 1 is 1.10 bits per heavy atom. The summed E-state index contributed by atoms with van der Waals surface area (Å²) in [5, 5.41) is 11.3. The number of hydrogen-bond donors (Lipinski definition) is 1. The SMILES string of the molecule is Fc1ccc(Cl)c(NCc2nnc(-c3ccccc3)o2)c1. The summed E-state index contributed by atoms with van der Waals surface area (Å²) in [6.07, 6.45) is 0. The monoisotopic (exact) mass is 303 g/mol. The fraction of sp³-hybridized carbons (Fsp3) is 0.0667. The van der Waals surface area contributed by atoms with Gasteiger partial charge in [0.2, 0.25) is 11.8 Å². The second kappa shape index (κ2) is 5.93. The molecule has 0 aliphatic carbocycles. The van der Waals surface area contributed by atoms with Crippen LogP contribution in [-0.2, 0) is 6.54 Å². The predicted octanol–water partition coefficient (Wildman–Crippen LogP) is 4.14. The number of nitrogens with zero attached hydrogens (tertiary/aromatic N) is 2. The molecule has 2 aromatic carbocycles. The first-order valence-electron chi connectivity index (χ1n) is 6.29. The van der Waals surface area contributed by atoms with Crippen LogP contribution in [0.4, 0.5) is 10.1 Å². The van der Waals surface area contributed by atoms with Crippen LogP contribution in [0.5, 0.6) is 0 Å². The molecule has 0 aliphatic heterocycles. The molecule has 0 unspecified atom stereocenters. The maximum Gasteiger partial charge on any atom is 0.247 e. The summed E-state index contributed by atoms with van der Waals surface area (Å²) in [6, 6.07) is 13.6. The molecule has 0 spiro atoms. The van der Waals surface area contributed by atoms with Gasteiger partial charge in [-0.1, -0.05) is 29.8 Å². The largest absolute Gasteiger partial charge is 0.419 e. The third-order valence-electron chi connectivity index (χ3n) is 2.85. The Labute approximate surface area is 125 Å². The van der Waals surface area contributed by atoms with Gasteiger partial charge in [-0.15, -0.1) is 10.2 Å². The van der Waals surface area contributed by atoms with Gasteiger partial charge in [0.1, 0.15) is 5.82 Å². The highest BCUT2D eigenvalue weighted by molar-refractivity contribution is 6.33. The van der Waals surface area contributed by atoms with Crippen LogP contribution in [0.3, 0.4) is 0 Å². The molecule has 3 aromatic rings. The van der Waals surface area contributed by atoms with Gasteiger partial charge in [-0.05, 0) is 30.3 Å². The highest BCUT2D eigenvalue weighted by Gasteiger charge is 2.09. The van der Waals surface area contributed by atoms with E-state index in [1.54, 1.807) is 0 Å². The van der Waals surface area contributed by atoms with Crippen molar-refractivity contribution in [2.24, 2.45) is 0 Å². The first-order valence-corrected chi connectivity index (χ1v) is 6.67. The van der Waals surface area contributed by atoms with E-state index in [1.807, 2.05) is 30.3 Å². The fourth-order valence-electron chi connectivity index (χ4n) is 1.83. The highest BCUT2D eigenvalue weighted by Crippen LogP contribution is 2.23. The summed E-state index contributed by atoms with van der Waals surface area (Å²) in [4.78, 5) is 0. The predicted molar refractivity (Wildman–Crippen MR) is 78.5 cm³/mol. The van der Waals surface area contributed by atoms with E-state index in [-0.39, 0.29) is 12.4 Å². The minimum atomic E-state index is -0.364. The van der Waals surface area contributed by atoms with Gasteiger partial charge >= 0.3 is 0 Å². The van der Waals surface area contributed by atoms with E-state index in [0.717, 1.165) is 5.56 Å². The summed E-state index contributed by atoms with van der Waals surface area (Å²) in [6.45, 7) is 0.267. The Bertz CT molecular complexity index is 746. The second-order valence-electron chi connectivity index (χ2n) is 4.34. The second-order valence-corrected chi connectivity index (χ2v) is 4.75. The third-order valence-corrected chi connectivity index (χ3v) is 3.18. The molecule has 0 aliphatic rings. The van der Waals surface area contributed by atoms with Crippen molar-refractivity contribution in [3.63, 3.8) is 0 Å². The van der Waals surface area contributed by atoms with E-state index >= 15 is 0 Å². The average molecular weight is 304 g/mol. The zero-order valence-corrected chi connectivity index (χ0v) is 11.6. The molecule has 0 atom stereocenters. The molecule has 1 aromatic heterocycles. The quantitative estimate of drug-likeness (QED) is 0.787. The summed E-state index contributed by atoms with van der Waals surface area (Å²) in [5.41, 5.74) is 1.33. The standard InChI is InChI=1S/C15H11ClFN3O/c16-12-7-6-11(17)8-13(12)18-9-14-19-20-15(21-14)10-4-2-1-3-5-10/h1-8,18H,9H2. The van der Waals surface area contributed by atoms with Crippen molar-refractivity contribution in [3.8, 4) is 11.5 Å². The van der Waals surface area contributed by atoms with Gasteiger partial charge in [0.05, 0.1) is 17.3 Å². The van der Waals surface area contributed by atoms with Gasteiger partial charge < -0.3 is 9.73 Å². The molecule has 0 saturated carbocycles. The van der Waals surface area contributed by atoms with E-state index in [9.17, 15) is 4.39 Å². The third kappa shape index (κ3) is 3.20. The minimum absolute atomic E-state index is 0.267. The minimum Gasteiger partial charge on any atom is -0.419 e. The number of aromatic nitrogens is 2. The van der Waals surface area contributed by atoms with Crippen LogP contribution < -0.4 is 5.32 Å². The number of anilines is 1. The first kappa shape index (κ1) is 13.6. The van der Waals surface area contributed by atoms with E-state index in [0.29, 0.717) is 22.5 Å². The maximum absolute atomic E-state index is 13.1. The molecule has 0 bridgehead atoms. The molecule has 0 saturated heterocycles. The Balaban J connectivity index is 1.72. The van der Waals surface area contributed by atoms with Crippen LogP contribution in [0, 0.1) is 5.82 Å². The van der Waals surface area contributed by atoms with Crippen molar-refractivity contribution in [3.05, 3.63) is 65.3 Å². The molecule has 0 fully saturated rings. The normalized spacial score (nSPS) is 10.6. The van der Waals surface area contributed by atoms with Crippen LogP contribution in [0.15, 0.2) is 52.9 Å². The summed E-state index contributed by atoms with van der Waals surface area (Å²) < 4.78 is 18.7. The fourth-order valence-corrected chi connectivity index (χ4v) is 2.01. The number of halogens is 2. The lowest BCUT2D eigenvalue weighted by atomic mass is 10.2. The Hall–Kier alpha value is -2.40. The van der Waals surface area contributed by atoms with Crippen LogP contribution in [-0.4, -0.2) is 10.2 Å². The summed E-state index contributed by atoms with van der Waals surface area (Å²) >= 11 is 5.97. The van der Waals surface area contributed by atoms with E-state index in [4.69, 9.17) is 16.0 Å². The summed E-state index contributed by atoms with van der Waals surface area (Å²) in [5.74, 6) is 0.476. The molecule has 0 amide bonds. The molecular formula is C15H11ClFN3O. The molecular weight excluding hydrogens is 293 g/mol. The van der Waals surface area contributed by atoms with E-state index < -0.39 is 0 Å². The van der Waals surface area contributed by atoms with Gasteiger partial charge in [-0.2, -0.15) is 0 Å². The number of rotatable bonds is 4. The van der Waals surface area contributed by atoms with Crippen molar-refractivity contribution in [2.75, 3.05) is 5.32 Å². The zero-order chi connectivity index (χ0) is 14.7. The molecule has 106 valence electrons. The molecule has 4 nitrogen and oxygen atoms in total. The van der Waals surface area contributed by atoms with Crippen molar-refractivity contribution < 1.29 is 8.81 Å². The zero-order valence-electron chi connectivity index (χ0n) is 10.9.